The second-order valence-electron chi connectivity index (χ2n) is 5.17. The highest BCUT2D eigenvalue weighted by Crippen LogP contribution is 2.33. The first-order valence-electron chi connectivity index (χ1n) is 7.69. The van der Waals surface area contributed by atoms with Crippen molar-refractivity contribution in [2.75, 3.05) is 19.0 Å². The molecule has 0 saturated carbocycles. The van der Waals surface area contributed by atoms with Gasteiger partial charge in [-0.2, -0.15) is 0 Å². The molecule has 2 aromatic heterocycles. The van der Waals surface area contributed by atoms with Crippen molar-refractivity contribution in [1.29, 1.82) is 0 Å². The van der Waals surface area contributed by atoms with E-state index in [0.29, 0.717) is 11.5 Å². The van der Waals surface area contributed by atoms with Gasteiger partial charge < -0.3 is 10.1 Å². The summed E-state index contributed by atoms with van der Waals surface area (Å²) in [5.74, 6) is 1.15. The van der Waals surface area contributed by atoms with Crippen LogP contribution in [0.4, 0.5) is 10.8 Å². The number of hydrogen-bond acceptors (Lipinski definition) is 9. The number of nitrogens with one attached hydrogen (secondary N) is 1. The lowest BCUT2D eigenvalue weighted by atomic mass is 10.2. The number of benzene rings is 1. The lowest BCUT2D eigenvalue weighted by Gasteiger charge is -2.06. The number of nitrogens with zero attached hydrogens (tertiary/aromatic N) is 3. The Morgan fingerprint density at radius 1 is 1.35 bits per heavy atom. The number of rotatable bonds is 9. The lowest BCUT2D eigenvalue weighted by molar-refractivity contribution is -0.384. The molecule has 3 rings (SSSR count). The van der Waals surface area contributed by atoms with Gasteiger partial charge in [0, 0.05) is 34.9 Å². The molecule has 10 heteroatoms. The summed E-state index contributed by atoms with van der Waals surface area (Å²) in [7, 11) is 1.55. The fourth-order valence-corrected chi connectivity index (χ4v) is 4.68. The fraction of sp³-hybridized carbons (Fsp3) is 0.250. The van der Waals surface area contributed by atoms with E-state index in [1.165, 1.54) is 40.1 Å². The molecule has 1 aromatic carbocycles. The molecule has 0 fully saturated rings. The van der Waals surface area contributed by atoms with Crippen LogP contribution in [0.2, 0.25) is 0 Å². The number of ether oxygens (including phenoxy) is 1. The minimum atomic E-state index is -0.409. The third-order valence-electron chi connectivity index (χ3n) is 3.46. The Kier molecular flexibility index (Phi) is 6.42. The molecule has 0 atom stereocenters. The lowest BCUT2D eigenvalue weighted by Crippen LogP contribution is -2.03. The largest absolute Gasteiger partial charge is 0.496 e. The standard InChI is InChI=1S/C16H16N4O3S3/c1-23-14-5-4-12(20(21)22)9-11(14)10-25-16-19-18-15(26-16)17-7-6-13-3-2-8-24-13/h2-5,8-9H,6-7,10H2,1H3,(H,17,18). The molecule has 0 amide bonds. The summed E-state index contributed by atoms with van der Waals surface area (Å²) < 4.78 is 6.09. The van der Waals surface area contributed by atoms with Gasteiger partial charge in [-0.25, -0.2) is 0 Å². The maximum atomic E-state index is 10.9. The monoisotopic (exact) mass is 408 g/mol. The first-order chi connectivity index (χ1) is 12.7. The average molecular weight is 409 g/mol. The number of nitro benzene ring substituents is 1. The minimum absolute atomic E-state index is 0.0506. The molecule has 1 N–H and O–H groups in total. The number of hydrogen-bond donors (Lipinski definition) is 1. The van der Waals surface area contributed by atoms with Crippen LogP contribution in [0.1, 0.15) is 10.4 Å². The molecular formula is C16H16N4O3S3. The van der Waals surface area contributed by atoms with Crippen LogP contribution in [0.5, 0.6) is 5.75 Å². The zero-order valence-electron chi connectivity index (χ0n) is 13.9. The van der Waals surface area contributed by atoms with Crippen molar-refractivity contribution in [2.45, 2.75) is 16.5 Å². The van der Waals surface area contributed by atoms with Crippen LogP contribution in [-0.4, -0.2) is 28.8 Å². The maximum Gasteiger partial charge on any atom is 0.270 e. The highest BCUT2D eigenvalue weighted by Gasteiger charge is 2.13. The van der Waals surface area contributed by atoms with Crippen LogP contribution in [0.15, 0.2) is 40.1 Å². The van der Waals surface area contributed by atoms with Crippen molar-refractivity contribution in [3.8, 4) is 5.75 Å². The predicted molar refractivity (Wildman–Crippen MR) is 106 cm³/mol. The van der Waals surface area contributed by atoms with E-state index in [-0.39, 0.29) is 5.69 Å². The quantitative estimate of drug-likeness (QED) is 0.317. The van der Waals surface area contributed by atoms with Crippen LogP contribution in [0.25, 0.3) is 0 Å². The number of thioether (sulfide) groups is 1. The molecule has 0 aliphatic carbocycles. The van der Waals surface area contributed by atoms with E-state index >= 15 is 0 Å². The molecule has 0 spiro atoms. The van der Waals surface area contributed by atoms with Crippen molar-refractivity contribution in [2.24, 2.45) is 0 Å². The van der Waals surface area contributed by atoms with Crippen LogP contribution in [0, 0.1) is 10.1 Å². The Morgan fingerprint density at radius 2 is 2.23 bits per heavy atom. The Bertz CT molecular complexity index is 868. The van der Waals surface area contributed by atoms with E-state index in [0.717, 1.165) is 28.0 Å². The van der Waals surface area contributed by atoms with Gasteiger partial charge in [-0.1, -0.05) is 29.2 Å². The molecule has 0 bridgehead atoms. The first-order valence-corrected chi connectivity index (χ1v) is 10.4. The molecule has 136 valence electrons. The molecule has 2 heterocycles. The summed E-state index contributed by atoms with van der Waals surface area (Å²) in [4.78, 5) is 11.9. The highest BCUT2D eigenvalue weighted by molar-refractivity contribution is 8.00. The number of thiophene rings is 1. The number of nitro groups is 1. The molecule has 26 heavy (non-hydrogen) atoms. The summed E-state index contributed by atoms with van der Waals surface area (Å²) in [5.41, 5.74) is 0.809. The molecule has 0 unspecified atom stereocenters. The summed E-state index contributed by atoms with van der Waals surface area (Å²) >= 11 is 4.69. The first kappa shape index (κ1) is 18.6. The van der Waals surface area contributed by atoms with Gasteiger partial charge in [0.15, 0.2) is 4.34 Å². The molecule has 0 aliphatic rings. The van der Waals surface area contributed by atoms with Crippen molar-refractivity contribution < 1.29 is 9.66 Å². The topological polar surface area (TPSA) is 90.2 Å². The highest BCUT2D eigenvalue weighted by atomic mass is 32.2. The molecule has 0 aliphatic heterocycles. The normalized spacial score (nSPS) is 10.7. The third kappa shape index (κ3) is 4.93. The van der Waals surface area contributed by atoms with Crippen LogP contribution in [0.3, 0.4) is 0 Å². The second-order valence-corrected chi connectivity index (χ2v) is 8.40. The Morgan fingerprint density at radius 3 is 2.96 bits per heavy atom. The summed E-state index contributed by atoms with van der Waals surface area (Å²) in [6.07, 6.45) is 0.949. The summed E-state index contributed by atoms with van der Waals surface area (Å²) in [5, 5.41) is 25.4. The van der Waals surface area contributed by atoms with E-state index in [4.69, 9.17) is 4.74 Å². The zero-order valence-corrected chi connectivity index (χ0v) is 16.3. The Hall–Kier alpha value is -2.17. The molecule has 7 nitrogen and oxygen atoms in total. The zero-order chi connectivity index (χ0) is 18.4. The third-order valence-corrected chi connectivity index (χ3v) is 6.46. The smallest absolute Gasteiger partial charge is 0.270 e. The second kappa shape index (κ2) is 8.97. The van der Waals surface area contributed by atoms with Crippen LogP contribution >= 0.6 is 34.4 Å². The summed E-state index contributed by atoms with van der Waals surface area (Å²) in [6, 6.07) is 8.74. The van der Waals surface area contributed by atoms with Gasteiger partial charge in [-0.3, -0.25) is 10.1 Å². The van der Waals surface area contributed by atoms with E-state index < -0.39 is 4.92 Å². The molecule has 3 aromatic rings. The van der Waals surface area contributed by atoms with Crippen LogP contribution < -0.4 is 10.1 Å². The van der Waals surface area contributed by atoms with Crippen molar-refractivity contribution >= 4 is 45.3 Å². The van der Waals surface area contributed by atoms with E-state index in [1.807, 2.05) is 6.07 Å². The summed E-state index contributed by atoms with van der Waals surface area (Å²) in [6.45, 7) is 0.804. The SMILES string of the molecule is COc1ccc([N+](=O)[O-])cc1CSc1nnc(NCCc2cccs2)s1. The number of aromatic nitrogens is 2. The number of non-ortho nitro benzene ring substituents is 1. The Balaban J connectivity index is 1.56. The van der Waals surface area contributed by atoms with Crippen molar-refractivity contribution in [3.63, 3.8) is 0 Å². The maximum absolute atomic E-state index is 10.9. The van der Waals surface area contributed by atoms with Gasteiger partial charge in [0.05, 0.1) is 12.0 Å². The fourth-order valence-electron chi connectivity index (χ4n) is 2.22. The molecule has 0 radical (unpaired) electrons. The van der Waals surface area contributed by atoms with Gasteiger partial charge in [0.1, 0.15) is 5.75 Å². The van der Waals surface area contributed by atoms with Gasteiger partial charge >= 0.3 is 0 Å². The Labute approximate surface area is 162 Å². The van der Waals surface area contributed by atoms with Gasteiger partial charge in [0.25, 0.3) is 5.69 Å². The minimum Gasteiger partial charge on any atom is -0.496 e. The van der Waals surface area contributed by atoms with E-state index in [9.17, 15) is 10.1 Å². The van der Waals surface area contributed by atoms with Crippen molar-refractivity contribution in [3.05, 3.63) is 56.3 Å². The predicted octanol–water partition coefficient (Wildman–Crippen LogP) is 4.46. The average Bonchev–Trinajstić information content (AvgIpc) is 3.31. The van der Waals surface area contributed by atoms with Crippen LogP contribution in [-0.2, 0) is 12.2 Å². The van der Waals surface area contributed by atoms with Gasteiger partial charge in [-0.15, -0.1) is 21.5 Å². The molecular weight excluding hydrogens is 392 g/mol. The number of anilines is 1. The van der Waals surface area contributed by atoms with E-state index in [1.54, 1.807) is 24.5 Å². The molecule has 0 saturated heterocycles. The van der Waals surface area contributed by atoms with E-state index in [2.05, 4.69) is 27.0 Å². The number of methoxy groups -OCH3 is 1. The van der Waals surface area contributed by atoms with Gasteiger partial charge in [0.2, 0.25) is 5.13 Å². The van der Waals surface area contributed by atoms with Crippen molar-refractivity contribution in [1.82, 2.24) is 10.2 Å². The van der Waals surface area contributed by atoms with Gasteiger partial charge in [-0.05, 0) is 23.9 Å².